The van der Waals surface area contributed by atoms with Crippen molar-refractivity contribution in [3.05, 3.63) is 24.8 Å². The lowest BCUT2D eigenvalue weighted by Gasteiger charge is -2.23. The lowest BCUT2D eigenvalue weighted by molar-refractivity contribution is 0.397. The quantitative estimate of drug-likeness (QED) is 0.371. The third-order valence-corrected chi connectivity index (χ3v) is 9.11. The zero-order valence-electron chi connectivity index (χ0n) is 17.0. The Bertz CT molecular complexity index is 969. The summed E-state index contributed by atoms with van der Waals surface area (Å²) in [6.07, 6.45) is 12.4. The van der Waals surface area contributed by atoms with Gasteiger partial charge in [-0.1, -0.05) is 40.0 Å². The van der Waals surface area contributed by atoms with Crippen LogP contribution in [0.4, 0.5) is 5.82 Å². The van der Waals surface area contributed by atoms with E-state index in [4.69, 9.17) is 8.62 Å². The molecule has 2 heterocycles. The number of fused-ring (bicyclic) bond motifs is 1. The van der Waals surface area contributed by atoms with Gasteiger partial charge in [-0.2, -0.15) is 0 Å². The molecule has 10 nitrogen and oxygen atoms in total. The summed E-state index contributed by atoms with van der Waals surface area (Å²) in [5.41, 5.74) is 1.40. The highest BCUT2D eigenvalue weighted by Gasteiger charge is 2.40. The minimum Gasteiger partial charge on any atom is -0.365 e. The summed E-state index contributed by atoms with van der Waals surface area (Å²) < 4.78 is 46.8. The van der Waals surface area contributed by atoms with Crippen LogP contribution in [0.1, 0.15) is 32.1 Å². The molecule has 3 rings (SSSR count). The number of nitrogens with one attached hydrogen (secondary N) is 1. The van der Waals surface area contributed by atoms with Crippen LogP contribution in [0.15, 0.2) is 24.8 Å². The van der Waals surface area contributed by atoms with Crippen LogP contribution in [0.25, 0.3) is 11.2 Å². The summed E-state index contributed by atoms with van der Waals surface area (Å²) in [6, 6.07) is 0.408. The first-order valence-electron chi connectivity index (χ1n) is 9.74. The summed E-state index contributed by atoms with van der Waals surface area (Å²) in [4.78, 5) is 13.1. The van der Waals surface area contributed by atoms with Crippen LogP contribution < -0.4 is 5.32 Å². The third-order valence-electron chi connectivity index (χ3n) is 4.62. The van der Waals surface area contributed by atoms with Gasteiger partial charge in [0, 0.05) is 12.6 Å². The Kier molecular flexibility index (Phi) is 8.20. The van der Waals surface area contributed by atoms with E-state index in [2.05, 4.69) is 20.3 Å². The first-order chi connectivity index (χ1) is 14.4. The second-order valence-corrected chi connectivity index (χ2v) is 11.7. The number of nitrogens with zero attached hydrogens (tertiary/aromatic N) is 4. The molecule has 30 heavy (non-hydrogen) atoms. The molecule has 2 aromatic rings. The molecule has 162 valence electrons. The fraction of sp³-hybridized carbons (Fsp3) is 0.588. The molecular weight excluding hydrogens is 447 g/mol. The van der Waals surface area contributed by atoms with Crippen LogP contribution in [-0.2, 0) is 28.9 Å². The van der Waals surface area contributed by atoms with Crippen LogP contribution in [0.2, 0.25) is 0 Å². The topological polar surface area (TPSA) is 125 Å². The van der Waals surface area contributed by atoms with Gasteiger partial charge in [-0.05, 0) is 22.0 Å². The van der Waals surface area contributed by atoms with E-state index in [0.717, 1.165) is 18.7 Å². The normalized spacial score (nSPS) is 18.5. The molecule has 0 spiro atoms. The molecule has 0 radical (unpaired) electrons. The van der Waals surface area contributed by atoms with E-state index in [1.807, 2.05) is 4.57 Å². The van der Waals surface area contributed by atoms with Crippen LogP contribution >= 0.6 is 23.7 Å². The number of allylic oxidation sites excluding steroid dienone is 2. The fourth-order valence-electron chi connectivity index (χ4n) is 3.38. The highest BCUT2D eigenvalue weighted by Crippen LogP contribution is 2.59. The predicted octanol–water partition coefficient (Wildman–Crippen LogP) is 5.10. The number of imidazole rings is 1. The average molecular weight is 473 g/mol. The molecule has 1 fully saturated rings. The fourth-order valence-corrected chi connectivity index (χ4v) is 7.52. The van der Waals surface area contributed by atoms with Gasteiger partial charge in [-0.3, -0.25) is 4.57 Å². The van der Waals surface area contributed by atoms with Crippen molar-refractivity contribution in [2.75, 3.05) is 24.8 Å². The zero-order valence-corrected chi connectivity index (χ0v) is 19.7. The van der Waals surface area contributed by atoms with Gasteiger partial charge in [-0.15, -0.1) is 0 Å². The molecule has 0 aromatic carbocycles. The molecular formula is C17H26N5O5P3+2. The van der Waals surface area contributed by atoms with E-state index < -0.39 is 23.7 Å². The van der Waals surface area contributed by atoms with Crippen LogP contribution in [0.3, 0.4) is 0 Å². The Balaban J connectivity index is 1.67. The van der Waals surface area contributed by atoms with Crippen molar-refractivity contribution in [2.24, 2.45) is 0 Å². The minimum absolute atomic E-state index is 0.132. The molecule has 2 aromatic heterocycles. The molecule has 0 aliphatic heterocycles. The van der Waals surface area contributed by atoms with Gasteiger partial charge < -0.3 is 9.88 Å². The summed E-state index contributed by atoms with van der Waals surface area (Å²) in [5, 5.41) is 3.49. The van der Waals surface area contributed by atoms with E-state index in [-0.39, 0.29) is 6.16 Å². The molecule has 2 atom stereocenters. The van der Waals surface area contributed by atoms with Crippen LogP contribution in [0.5, 0.6) is 0 Å². The lowest BCUT2D eigenvalue weighted by Crippen LogP contribution is -2.23. The number of anilines is 1. The molecule has 0 saturated heterocycles. The van der Waals surface area contributed by atoms with E-state index in [1.165, 1.54) is 38.9 Å². The monoisotopic (exact) mass is 473 g/mol. The van der Waals surface area contributed by atoms with Crippen LogP contribution in [0, 0.1) is 0 Å². The Morgan fingerprint density at radius 1 is 1.13 bits per heavy atom. The van der Waals surface area contributed by atoms with Crippen molar-refractivity contribution in [3.63, 3.8) is 0 Å². The maximum Gasteiger partial charge on any atom is 0.513 e. The van der Waals surface area contributed by atoms with E-state index in [0.29, 0.717) is 23.8 Å². The molecule has 1 aliphatic rings. The molecule has 1 N–H and O–H groups in total. The number of rotatable bonds is 10. The van der Waals surface area contributed by atoms with Crippen LogP contribution in [-0.4, -0.2) is 45.1 Å². The highest BCUT2D eigenvalue weighted by molar-refractivity contribution is 7.66. The Morgan fingerprint density at radius 3 is 2.50 bits per heavy atom. The van der Waals surface area contributed by atoms with Gasteiger partial charge >= 0.3 is 23.7 Å². The predicted molar refractivity (Wildman–Crippen MR) is 117 cm³/mol. The first-order valence-corrected chi connectivity index (χ1v) is 14.7. The van der Waals surface area contributed by atoms with Gasteiger partial charge in [0.15, 0.2) is 24.8 Å². The summed E-state index contributed by atoms with van der Waals surface area (Å²) in [5.74, 6) is 0.736. The zero-order chi connectivity index (χ0) is 21.6. The first kappa shape index (κ1) is 23.1. The highest BCUT2D eigenvalue weighted by atomic mass is 31.3. The van der Waals surface area contributed by atoms with E-state index >= 15 is 0 Å². The van der Waals surface area contributed by atoms with Crippen molar-refractivity contribution in [1.82, 2.24) is 19.5 Å². The van der Waals surface area contributed by atoms with Gasteiger partial charge in [-0.25, -0.2) is 15.0 Å². The lowest BCUT2D eigenvalue weighted by atomic mass is 9.95. The summed E-state index contributed by atoms with van der Waals surface area (Å²) >= 11 is 0. The van der Waals surface area contributed by atoms with Gasteiger partial charge in [0.25, 0.3) is 0 Å². The second-order valence-electron chi connectivity index (χ2n) is 7.08. The number of hydrogen-bond acceptors (Lipinski definition) is 9. The standard InChI is InChI=1S/C17H26N5O5P3/c1-28(23)26-30(25,27-29(2)24)11-7-6-10-22-13-20-15-16(18-12-19-17(15)22)21-14-8-4-3-5-9-14/h6-7,12-14H,3-5,8-11H2,1-2H3,(H,18,19,21)/q+2/b7-6+. The van der Waals surface area contributed by atoms with Crippen molar-refractivity contribution in [1.29, 1.82) is 0 Å². The number of hydrogen-bond donors (Lipinski definition) is 1. The van der Waals surface area contributed by atoms with Crippen molar-refractivity contribution in [2.45, 2.75) is 44.7 Å². The Labute approximate surface area is 177 Å². The Morgan fingerprint density at radius 2 is 1.83 bits per heavy atom. The van der Waals surface area contributed by atoms with Crippen molar-refractivity contribution in [3.8, 4) is 0 Å². The molecule has 0 bridgehead atoms. The molecule has 0 amide bonds. The van der Waals surface area contributed by atoms with E-state index in [9.17, 15) is 13.7 Å². The SMILES string of the molecule is C[P+](=O)OP(=O)(C/C=C/Cn1cnc2c(NC3CCCCC3)ncnc21)O[P+](C)=O. The summed E-state index contributed by atoms with van der Waals surface area (Å²) in [6.45, 7) is 2.97. The van der Waals surface area contributed by atoms with Gasteiger partial charge in [0.1, 0.15) is 11.8 Å². The minimum atomic E-state index is -3.73. The van der Waals surface area contributed by atoms with Gasteiger partial charge in [0.2, 0.25) is 0 Å². The van der Waals surface area contributed by atoms with Crippen molar-refractivity contribution < 1.29 is 22.3 Å². The summed E-state index contributed by atoms with van der Waals surface area (Å²) in [7, 11) is -8.03. The Hall–Kier alpha value is -1.56. The number of aromatic nitrogens is 4. The van der Waals surface area contributed by atoms with E-state index in [1.54, 1.807) is 18.5 Å². The third kappa shape index (κ3) is 6.47. The molecule has 1 saturated carbocycles. The average Bonchev–Trinajstić information content (AvgIpc) is 3.09. The van der Waals surface area contributed by atoms with Gasteiger partial charge in [0.05, 0.1) is 12.5 Å². The largest absolute Gasteiger partial charge is 0.513 e. The van der Waals surface area contributed by atoms with Crippen molar-refractivity contribution >= 4 is 40.6 Å². The maximum atomic E-state index is 12.5. The smallest absolute Gasteiger partial charge is 0.365 e. The maximum absolute atomic E-state index is 12.5. The molecule has 1 aliphatic carbocycles. The second kappa shape index (κ2) is 10.7. The molecule has 13 heteroatoms. The molecule has 2 unspecified atom stereocenters.